The van der Waals surface area contributed by atoms with Gasteiger partial charge in [-0.05, 0) is 45.7 Å². The number of hydrogen-bond donors (Lipinski definition) is 1. The second-order valence-electron chi connectivity index (χ2n) is 8.77. The van der Waals surface area contributed by atoms with Crippen molar-refractivity contribution in [2.75, 3.05) is 52.4 Å². The number of carbonyl (C=O) groups is 1. The molecule has 0 bridgehead atoms. The molecule has 2 saturated heterocycles. The number of likely N-dealkylation sites (tertiary alicyclic amines) is 1. The number of aliphatic imine (C=N–C) groups is 1. The molecule has 1 aromatic carbocycles. The van der Waals surface area contributed by atoms with Crippen molar-refractivity contribution in [3.8, 4) is 0 Å². The molecule has 0 radical (unpaired) electrons. The van der Waals surface area contributed by atoms with Crippen molar-refractivity contribution in [1.82, 2.24) is 29.6 Å². The highest BCUT2D eigenvalue weighted by Gasteiger charge is 2.30. The Kier molecular flexibility index (Phi) is 9.37. The first-order valence-corrected chi connectivity index (χ1v) is 12.1. The van der Waals surface area contributed by atoms with Crippen LogP contribution in [-0.4, -0.2) is 94.5 Å². The molecule has 0 spiro atoms. The smallest absolute Gasteiger partial charge is 0.239 e. The highest BCUT2D eigenvalue weighted by Crippen LogP contribution is 2.16. The Morgan fingerprint density at radius 2 is 1.79 bits per heavy atom. The first-order valence-electron chi connectivity index (χ1n) is 12.1. The van der Waals surface area contributed by atoms with E-state index in [0.717, 1.165) is 88.0 Å². The van der Waals surface area contributed by atoms with Gasteiger partial charge in [-0.1, -0.05) is 12.1 Å². The number of carbonyl (C=O) groups excluding carboxylic acids is 1. The minimum atomic E-state index is -0.0349. The summed E-state index contributed by atoms with van der Waals surface area (Å²) in [5.41, 5.74) is 2.20. The van der Waals surface area contributed by atoms with Crippen LogP contribution < -0.4 is 5.32 Å². The van der Waals surface area contributed by atoms with Gasteiger partial charge in [0, 0.05) is 52.4 Å². The lowest BCUT2D eigenvalue weighted by molar-refractivity contribution is -0.135. The van der Waals surface area contributed by atoms with Crippen molar-refractivity contribution in [2.45, 2.75) is 46.2 Å². The Morgan fingerprint density at radius 1 is 1.09 bits per heavy atom. The van der Waals surface area contributed by atoms with Crippen LogP contribution in [0, 0.1) is 6.92 Å². The highest BCUT2D eigenvalue weighted by atomic mass is 127. The molecule has 2 aromatic rings. The first kappa shape index (κ1) is 25.7. The van der Waals surface area contributed by atoms with Crippen molar-refractivity contribution >= 4 is 46.9 Å². The Morgan fingerprint density at radius 3 is 2.48 bits per heavy atom. The number of aromatic nitrogens is 2. The summed E-state index contributed by atoms with van der Waals surface area (Å²) in [7, 11) is 0. The Balaban J connectivity index is 0.00000306. The number of nitrogens with one attached hydrogen (secondary N) is 1. The van der Waals surface area contributed by atoms with Gasteiger partial charge < -0.3 is 19.7 Å². The SMILES string of the molecule is CCNC(=NCCn1c(C)nc2ccccc21)N1CCN(C(C)C(=O)N2CCCC2)CC1.I. The van der Waals surface area contributed by atoms with Crippen LogP contribution in [-0.2, 0) is 11.3 Å². The lowest BCUT2D eigenvalue weighted by Crippen LogP contribution is -2.57. The molecule has 2 fully saturated rings. The van der Waals surface area contributed by atoms with Gasteiger partial charge in [0.2, 0.25) is 5.91 Å². The largest absolute Gasteiger partial charge is 0.357 e. The topological polar surface area (TPSA) is 69.0 Å². The molecule has 33 heavy (non-hydrogen) atoms. The van der Waals surface area contributed by atoms with Crippen LogP contribution in [0.4, 0.5) is 0 Å². The van der Waals surface area contributed by atoms with Crippen molar-refractivity contribution in [3.05, 3.63) is 30.1 Å². The number of fused-ring (bicyclic) bond motifs is 1. The van der Waals surface area contributed by atoms with E-state index < -0.39 is 0 Å². The van der Waals surface area contributed by atoms with E-state index in [4.69, 9.17) is 4.99 Å². The lowest BCUT2D eigenvalue weighted by Gasteiger charge is -2.39. The monoisotopic (exact) mass is 567 g/mol. The van der Waals surface area contributed by atoms with Gasteiger partial charge in [0.25, 0.3) is 0 Å². The third-order valence-corrected chi connectivity index (χ3v) is 6.70. The fourth-order valence-corrected chi connectivity index (χ4v) is 4.84. The van der Waals surface area contributed by atoms with Crippen LogP contribution in [0.5, 0.6) is 0 Å². The summed E-state index contributed by atoms with van der Waals surface area (Å²) in [5.74, 6) is 2.28. The number of imidazole rings is 1. The molecule has 3 heterocycles. The van der Waals surface area contributed by atoms with Gasteiger partial charge in [-0.15, -0.1) is 24.0 Å². The number of hydrogen-bond acceptors (Lipinski definition) is 4. The quantitative estimate of drug-likeness (QED) is 0.330. The predicted molar refractivity (Wildman–Crippen MR) is 144 cm³/mol. The fourth-order valence-electron chi connectivity index (χ4n) is 4.84. The maximum Gasteiger partial charge on any atom is 0.239 e. The summed E-state index contributed by atoms with van der Waals surface area (Å²) in [6.07, 6.45) is 2.28. The third kappa shape index (κ3) is 5.98. The van der Waals surface area contributed by atoms with Crippen molar-refractivity contribution in [1.29, 1.82) is 0 Å². The summed E-state index contributed by atoms with van der Waals surface area (Å²) in [6.45, 7) is 14.0. The van der Waals surface area contributed by atoms with Crippen LogP contribution >= 0.6 is 24.0 Å². The molecule has 1 amide bonds. The molecule has 1 N–H and O–H groups in total. The van der Waals surface area contributed by atoms with E-state index in [9.17, 15) is 4.79 Å². The maximum atomic E-state index is 12.8. The average molecular weight is 568 g/mol. The summed E-state index contributed by atoms with van der Waals surface area (Å²) >= 11 is 0. The molecule has 1 atom stereocenters. The Bertz CT molecular complexity index is 945. The standard InChI is InChI=1S/C24H37N7O.HI/c1-4-25-24(26-11-14-31-20(3)27-21-9-5-6-10-22(21)31)30-17-15-28(16-18-30)19(2)23(32)29-12-7-8-13-29;/h5-6,9-10,19H,4,7-8,11-18H2,1-3H3,(H,25,26);1H. The van der Waals surface area contributed by atoms with E-state index in [1.54, 1.807) is 0 Å². The second-order valence-corrected chi connectivity index (χ2v) is 8.77. The van der Waals surface area contributed by atoms with Gasteiger partial charge in [-0.25, -0.2) is 4.98 Å². The van der Waals surface area contributed by atoms with Gasteiger partial charge in [-0.3, -0.25) is 14.7 Å². The molecule has 8 nitrogen and oxygen atoms in total. The van der Waals surface area contributed by atoms with Crippen LogP contribution in [0.3, 0.4) is 0 Å². The Hall–Kier alpha value is -1.88. The summed E-state index contributed by atoms with van der Waals surface area (Å²) in [5, 5.41) is 3.45. The number of aryl methyl sites for hydroxylation is 1. The molecular weight excluding hydrogens is 529 g/mol. The van der Waals surface area contributed by atoms with Gasteiger partial charge in [0.05, 0.1) is 23.6 Å². The van der Waals surface area contributed by atoms with Gasteiger partial charge in [0.1, 0.15) is 5.82 Å². The average Bonchev–Trinajstić information content (AvgIpc) is 3.46. The van der Waals surface area contributed by atoms with E-state index >= 15 is 0 Å². The zero-order valence-electron chi connectivity index (χ0n) is 20.2. The number of benzene rings is 1. The molecule has 4 rings (SSSR count). The number of guanidine groups is 1. The predicted octanol–water partition coefficient (Wildman–Crippen LogP) is 2.56. The number of nitrogens with zero attached hydrogens (tertiary/aromatic N) is 6. The number of halogens is 1. The summed E-state index contributed by atoms with van der Waals surface area (Å²) in [6, 6.07) is 8.23. The molecule has 0 saturated carbocycles. The van der Waals surface area contributed by atoms with Gasteiger partial charge in [0.15, 0.2) is 5.96 Å². The molecule has 9 heteroatoms. The third-order valence-electron chi connectivity index (χ3n) is 6.70. The molecule has 0 aliphatic carbocycles. The van der Waals surface area contributed by atoms with E-state index in [1.807, 2.05) is 11.0 Å². The van der Waals surface area contributed by atoms with E-state index in [-0.39, 0.29) is 30.0 Å². The minimum absolute atomic E-state index is 0. The highest BCUT2D eigenvalue weighted by molar-refractivity contribution is 14.0. The van der Waals surface area contributed by atoms with E-state index in [2.05, 4.69) is 63.6 Å². The van der Waals surface area contributed by atoms with E-state index in [1.165, 1.54) is 0 Å². The normalized spacial score (nSPS) is 18.5. The summed E-state index contributed by atoms with van der Waals surface area (Å²) in [4.78, 5) is 29.0. The summed E-state index contributed by atoms with van der Waals surface area (Å²) < 4.78 is 2.24. The first-order chi connectivity index (χ1) is 15.6. The fraction of sp³-hybridized carbons (Fsp3) is 0.625. The minimum Gasteiger partial charge on any atom is -0.357 e. The maximum absolute atomic E-state index is 12.8. The molecular formula is C24H38IN7O. The van der Waals surface area contributed by atoms with Crippen molar-refractivity contribution < 1.29 is 4.79 Å². The molecule has 1 unspecified atom stereocenters. The van der Waals surface area contributed by atoms with Crippen molar-refractivity contribution in [2.24, 2.45) is 4.99 Å². The molecule has 182 valence electrons. The molecule has 2 aliphatic heterocycles. The lowest BCUT2D eigenvalue weighted by atomic mass is 10.2. The second kappa shape index (κ2) is 12.0. The number of piperazine rings is 1. The number of amides is 1. The number of para-hydroxylation sites is 2. The van der Waals surface area contributed by atoms with E-state index in [0.29, 0.717) is 12.5 Å². The van der Waals surface area contributed by atoms with Crippen LogP contribution in [0.1, 0.15) is 32.5 Å². The van der Waals surface area contributed by atoms with Crippen LogP contribution in [0.25, 0.3) is 11.0 Å². The molecule has 2 aliphatic rings. The number of rotatable bonds is 6. The van der Waals surface area contributed by atoms with Crippen LogP contribution in [0.15, 0.2) is 29.3 Å². The van der Waals surface area contributed by atoms with Crippen LogP contribution in [0.2, 0.25) is 0 Å². The zero-order chi connectivity index (χ0) is 22.5. The van der Waals surface area contributed by atoms with Gasteiger partial charge in [-0.2, -0.15) is 0 Å². The molecule has 1 aromatic heterocycles. The van der Waals surface area contributed by atoms with Gasteiger partial charge >= 0.3 is 0 Å². The Labute approximate surface area is 214 Å². The zero-order valence-corrected chi connectivity index (χ0v) is 22.5. The van der Waals surface area contributed by atoms with Crippen molar-refractivity contribution in [3.63, 3.8) is 0 Å².